The van der Waals surface area contributed by atoms with Crippen LogP contribution in [0.25, 0.3) is 0 Å². The van der Waals surface area contributed by atoms with Gasteiger partial charge in [-0.2, -0.15) is 15.0 Å². The third-order valence-corrected chi connectivity index (χ3v) is 5.67. The van der Waals surface area contributed by atoms with Gasteiger partial charge in [-0.3, -0.25) is 19.3 Å². The lowest BCUT2D eigenvalue weighted by atomic mass is 9.81. The van der Waals surface area contributed by atoms with Crippen LogP contribution in [0.5, 0.6) is 0 Å². The topological polar surface area (TPSA) is 140 Å². The molecule has 3 N–H and O–H groups in total. The van der Waals surface area contributed by atoms with E-state index in [0.717, 1.165) is 29.0 Å². The fourth-order valence-electron chi connectivity index (χ4n) is 4.10. The van der Waals surface area contributed by atoms with Gasteiger partial charge in [-0.05, 0) is 31.4 Å². The van der Waals surface area contributed by atoms with Gasteiger partial charge in [0.1, 0.15) is 6.54 Å². The van der Waals surface area contributed by atoms with Gasteiger partial charge in [0.05, 0.1) is 11.8 Å². The van der Waals surface area contributed by atoms with E-state index in [-0.39, 0.29) is 48.0 Å². The van der Waals surface area contributed by atoms with Crippen molar-refractivity contribution in [3.8, 4) is 0 Å². The highest BCUT2D eigenvalue weighted by molar-refractivity contribution is 6.07. The first kappa shape index (κ1) is 20.7. The Labute approximate surface area is 179 Å². The van der Waals surface area contributed by atoms with Crippen molar-refractivity contribution in [3.63, 3.8) is 0 Å². The van der Waals surface area contributed by atoms with Gasteiger partial charge < -0.3 is 15.8 Å². The van der Waals surface area contributed by atoms with Crippen molar-refractivity contribution in [1.82, 2.24) is 19.9 Å². The van der Waals surface area contributed by atoms with Crippen LogP contribution in [0.1, 0.15) is 37.1 Å². The number of ether oxygens (including phenoxy) is 1. The summed E-state index contributed by atoms with van der Waals surface area (Å²) >= 11 is 0. The van der Waals surface area contributed by atoms with Crippen molar-refractivity contribution in [2.24, 2.45) is 11.8 Å². The van der Waals surface area contributed by atoms with Crippen molar-refractivity contribution >= 4 is 35.4 Å². The van der Waals surface area contributed by atoms with E-state index in [1.54, 1.807) is 0 Å². The lowest BCUT2D eigenvalue weighted by molar-refractivity contribution is -0.154. The molecule has 162 valence electrons. The monoisotopic (exact) mass is 424 g/mol. The Hall–Kier alpha value is -3.56. The SMILES string of the molecule is Cc1ccccc1Nc1nc(N)nc(COC(=O)CN2C(=O)[C@@H]3CCCC[C@H]3C2=O)n1. The number of nitrogen functional groups attached to an aromatic ring is 1. The minimum atomic E-state index is -0.701. The zero-order chi connectivity index (χ0) is 22.0. The predicted molar refractivity (Wildman–Crippen MR) is 111 cm³/mol. The van der Waals surface area contributed by atoms with E-state index in [2.05, 4.69) is 20.3 Å². The number of rotatable bonds is 6. The molecule has 2 heterocycles. The highest BCUT2D eigenvalue weighted by Crippen LogP contribution is 2.37. The molecule has 1 aliphatic heterocycles. The zero-order valence-corrected chi connectivity index (χ0v) is 17.2. The van der Waals surface area contributed by atoms with E-state index in [9.17, 15) is 14.4 Å². The average Bonchev–Trinajstić information content (AvgIpc) is 2.99. The van der Waals surface area contributed by atoms with E-state index < -0.39 is 12.5 Å². The van der Waals surface area contributed by atoms with E-state index in [1.165, 1.54) is 0 Å². The maximum absolute atomic E-state index is 12.5. The third kappa shape index (κ3) is 4.47. The molecule has 2 amide bonds. The fourth-order valence-corrected chi connectivity index (χ4v) is 4.10. The number of aryl methyl sites for hydroxylation is 1. The van der Waals surface area contributed by atoms with Gasteiger partial charge in [0.25, 0.3) is 0 Å². The molecule has 1 aliphatic carbocycles. The molecule has 2 atom stereocenters. The molecule has 1 saturated heterocycles. The molecular formula is C21H24N6O4. The van der Waals surface area contributed by atoms with Gasteiger partial charge in [-0.1, -0.05) is 31.0 Å². The number of imide groups is 1. The molecule has 1 aromatic heterocycles. The van der Waals surface area contributed by atoms with Gasteiger partial charge >= 0.3 is 5.97 Å². The van der Waals surface area contributed by atoms with Gasteiger partial charge in [0.2, 0.25) is 23.7 Å². The van der Waals surface area contributed by atoms with Gasteiger partial charge in [0, 0.05) is 5.69 Å². The van der Waals surface area contributed by atoms with Gasteiger partial charge in [0.15, 0.2) is 12.4 Å². The van der Waals surface area contributed by atoms with Gasteiger partial charge in [-0.15, -0.1) is 0 Å². The number of nitrogens with one attached hydrogen (secondary N) is 1. The number of benzene rings is 1. The second kappa shape index (κ2) is 8.66. The second-order valence-corrected chi connectivity index (χ2v) is 7.79. The quantitative estimate of drug-likeness (QED) is 0.524. The second-order valence-electron chi connectivity index (χ2n) is 7.79. The van der Waals surface area contributed by atoms with Crippen molar-refractivity contribution in [2.75, 3.05) is 17.6 Å². The van der Waals surface area contributed by atoms with Crippen LogP contribution in [0, 0.1) is 18.8 Å². The molecule has 0 bridgehead atoms. The number of nitrogens with two attached hydrogens (primary N) is 1. The number of aromatic nitrogens is 3. The molecule has 31 heavy (non-hydrogen) atoms. The minimum Gasteiger partial charge on any atom is -0.456 e. The van der Waals surface area contributed by atoms with Crippen molar-refractivity contribution in [1.29, 1.82) is 0 Å². The van der Waals surface area contributed by atoms with Crippen molar-refractivity contribution in [3.05, 3.63) is 35.7 Å². The summed E-state index contributed by atoms with van der Waals surface area (Å²) in [6.45, 7) is 1.28. The number of hydrogen-bond acceptors (Lipinski definition) is 9. The summed E-state index contributed by atoms with van der Waals surface area (Å²) in [4.78, 5) is 50.5. The lowest BCUT2D eigenvalue weighted by Gasteiger charge is -2.19. The Balaban J connectivity index is 1.37. The molecule has 2 aromatic rings. The van der Waals surface area contributed by atoms with Crippen LogP contribution < -0.4 is 11.1 Å². The average molecular weight is 424 g/mol. The Morgan fingerprint density at radius 3 is 2.48 bits per heavy atom. The Morgan fingerprint density at radius 1 is 1.13 bits per heavy atom. The maximum Gasteiger partial charge on any atom is 0.326 e. The molecule has 0 radical (unpaired) electrons. The van der Waals surface area contributed by atoms with Crippen LogP contribution in [0.4, 0.5) is 17.6 Å². The number of likely N-dealkylation sites (tertiary alicyclic amines) is 1. The summed E-state index contributed by atoms with van der Waals surface area (Å²) < 4.78 is 5.20. The maximum atomic E-state index is 12.5. The van der Waals surface area contributed by atoms with Crippen molar-refractivity contribution < 1.29 is 19.1 Å². The number of para-hydroxylation sites is 1. The highest BCUT2D eigenvalue weighted by atomic mass is 16.5. The smallest absolute Gasteiger partial charge is 0.326 e. The van der Waals surface area contributed by atoms with Crippen molar-refractivity contribution in [2.45, 2.75) is 39.2 Å². The Kier molecular flexibility index (Phi) is 5.79. The summed E-state index contributed by atoms with van der Waals surface area (Å²) in [6.07, 6.45) is 3.25. The number of nitrogens with zero attached hydrogens (tertiary/aromatic N) is 4. The normalized spacial score (nSPS) is 20.5. The van der Waals surface area contributed by atoms with Gasteiger partial charge in [-0.25, -0.2) is 0 Å². The lowest BCUT2D eigenvalue weighted by Crippen LogP contribution is -2.36. The summed E-state index contributed by atoms with van der Waals surface area (Å²) in [5.41, 5.74) is 7.56. The first-order valence-corrected chi connectivity index (χ1v) is 10.3. The molecule has 10 nitrogen and oxygen atoms in total. The van der Waals surface area contributed by atoms with Crippen LogP contribution in [-0.2, 0) is 25.7 Å². The van der Waals surface area contributed by atoms with Crippen LogP contribution >= 0.6 is 0 Å². The van der Waals surface area contributed by atoms with Crippen LogP contribution in [0.3, 0.4) is 0 Å². The standard InChI is InChI=1S/C21H24N6O4/c1-12-6-2-5-9-15(12)23-21-25-16(24-20(22)26-21)11-31-17(28)10-27-18(29)13-7-3-4-8-14(13)19(27)30/h2,5-6,9,13-14H,3-4,7-8,10-11H2,1H3,(H3,22,23,24,25,26)/t13-,14-/m1/s1. The van der Waals surface area contributed by atoms with E-state index >= 15 is 0 Å². The Morgan fingerprint density at radius 2 is 1.81 bits per heavy atom. The number of fused-ring (bicyclic) bond motifs is 1. The summed E-state index contributed by atoms with van der Waals surface area (Å²) in [6, 6.07) is 7.60. The molecule has 0 unspecified atom stereocenters. The van der Waals surface area contributed by atoms with E-state index in [1.807, 2.05) is 31.2 Å². The molecular weight excluding hydrogens is 400 g/mol. The summed E-state index contributed by atoms with van der Waals surface area (Å²) in [7, 11) is 0. The van der Waals surface area contributed by atoms with E-state index in [4.69, 9.17) is 10.5 Å². The zero-order valence-electron chi connectivity index (χ0n) is 17.2. The number of carbonyl (C=O) groups is 3. The van der Waals surface area contributed by atoms with Crippen LogP contribution in [0.2, 0.25) is 0 Å². The van der Waals surface area contributed by atoms with Crippen LogP contribution in [0.15, 0.2) is 24.3 Å². The number of anilines is 3. The molecule has 2 aliphatic rings. The Bertz CT molecular complexity index is 1000. The molecule has 0 spiro atoms. The van der Waals surface area contributed by atoms with E-state index in [0.29, 0.717) is 12.8 Å². The largest absolute Gasteiger partial charge is 0.456 e. The minimum absolute atomic E-state index is 0.0221. The number of amides is 2. The summed E-state index contributed by atoms with van der Waals surface area (Å²) in [5, 5.41) is 3.06. The molecule has 1 saturated carbocycles. The number of hydrogen-bond donors (Lipinski definition) is 2. The molecule has 2 fully saturated rings. The molecule has 4 rings (SSSR count). The third-order valence-electron chi connectivity index (χ3n) is 5.67. The summed E-state index contributed by atoms with van der Waals surface area (Å²) in [5.74, 6) is -1.49. The first-order valence-electron chi connectivity index (χ1n) is 10.3. The number of esters is 1. The first-order chi connectivity index (χ1) is 14.9. The number of carbonyl (C=O) groups excluding carboxylic acids is 3. The fraction of sp³-hybridized carbons (Fsp3) is 0.429. The predicted octanol–water partition coefficient (Wildman–Crippen LogP) is 1.72. The highest BCUT2D eigenvalue weighted by Gasteiger charge is 2.48. The molecule has 1 aromatic carbocycles. The molecule has 10 heteroatoms. The van der Waals surface area contributed by atoms with Crippen LogP contribution in [-0.4, -0.2) is 44.2 Å².